The van der Waals surface area contributed by atoms with Crippen molar-refractivity contribution in [1.29, 1.82) is 0 Å². The summed E-state index contributed by atoms with van der Waals surface area (Å²) >= 11 is 1.40. The molecule has 0 saturated carbocycles. The second kappa shape index (κ2) is 7.53. The maximum Gasteiger partial charge on any atom is 0.355 e. The van der Waals surface area contributed by atoms with Crippen molar-refractivity contribution >= 4 is 33.5 Å². The van der Waals surface area contributed by atoms with Crippen molar-refractivity contribution in [2.45, 2.75) is 42.7 Å². The maximum atomic E-state index is 12.9. The van der Waals surface area contributed by atoms with Gasteiger partial charge in [0, 0.05) is 17.8 Å². The molecule has 0 aromatic heterocycles. The van der Waals surface area contributed by atoms with Crippen LogP contribution in [0.25, 0.3) is 0 Å². The minimum Gasteiger partial charge on any atom is -0.455 e. The van der Waals surface area contributed by atoms with E-state index in [0.29, 0.717) is 5.57 Å². The van der Waals surface area contributed by atoms with E-state index >= 15 is 0 Å². The van der Waals surface area contributed by atoms with E-state index in [1.807, 2.05) is 30.3 Å². The number of benzene rings is 1. The molecule has 152 valence electrons. The molecule has 3 rings (SSSR count). The van der Waals surface area contributed by atoms with Gasteiger partial charge in [-0.25, -0.2) is 13.2 Å². The van der Waals surface area contributed by atoms with Crippen LogP contribution in [0.15, 0.2) is 46.5 Å². The van der Waals surface area contributed by atoms with Crippen molar-refractivity contribution in [1.82, 2.24) is 4.90 Å². The summed E-state index contributed by atoms with van der Waals surface area (Å²) in [6, 6.07) is 9.43. The standard InChI is InChI=1S/C19H23NO6S2/c1-19(2,3)26-18(22)14-12(10-27-13-8-6-5-7-9-13)11-28(23,24)17-15(25-4)16(21)20(14)17/h5-9,15,17H,10-11H2,1-4H3/t15-,17?/m0/s1. The van der Waals surface area contributed by atoms with Gasteiger partial charge >= 0.3 is 5.97 Å². The topological polar surface area (TPSA) is 90.0 Å². The third kappa shape index (κ3) is 3.97. The van der Waals surface area contributed by atoms with Crippen molar-refractivity contribution in [3.05, 3.63) is 41.6 Å². The predicted octanol–water partition coefficient (Wildman–Crippen LogP) is 1.99. The molecule has 1 fully saturated rings. The number of hydrogen-bond donors (Lipinski definition) is 0. The molecule has 2 atom stereocenters. The minimum absolute atomic E-state index is 0.0245. The molecule has 1 unspecified atom stereocenters. The average Bonchev–Trinajstić information content (AvgIpc) is 2.59. The highest BCUT2D eigenvalue weighted by Crippen LogP contribution is 2.40. The smallest absolute Gasteiger partial charge is 0.355 e. The third-order valence-electron chi connectivity index (χ3n) is 4.32. The van der Waals surface area contributed by atoms with E-state index in [4.69, 9.17) is 9.47 Å². The van der Waals surface area contributed by atoms with Crippen LogP contribution in [-0.2, 0) is 28.9 Å². The molecule has 9 heteroatoms. The molecule has 2 aliphatic rings. The highest BCUT2D eigenvalue weighted by atomic mass is 32.2. The fraction of sp³-hybridized carbons (Fsp3) is 0.474. The number of sulfone groups is 1. The second-order valence-corrected chi connectivity index (χ2v) is 10.8. The van der Waals surface area contributed by atoms with Gasteiger partial charge in [0.25, 0.3) is 5.91 Å². The summed E-state index contributed by atoms with van der Waals surface area (Å²) in [4.78, 5) is 27.3. The lowest BCUT2D eigenvalue weighted by Crippen LogP contribution is -2.70. The Morgan fingerprint density at radius 2 is 1.89 bits per heavy atom. The van der Waals surface area contributed by atoms with E-state index in [0.717, 1.165) is 9.80 Å². The van der Waals surface area contributed by atoms with Gasteiger partial charge in [-0.2, -0.15) is 0 Å². The molecule has 1 saturated heterocycles. The van der Waals surface area contributed by atoms with Crippen molar-refractivity contribution in [2.24, 2.45) is 0 Å². The van der Waals surface area contributed by atoms with Crippen LogP contribution in [0.4, 0.5) is 0 Å². The number of methoxy groups -OCH3 is 1. The average molecular weight is 426 g/mol. The van der Waals surface area contributed by atoms with E-state index in [-0.39, 0.29) is 17.2 Å². The van der Waals surface area contributed by atoms with Gasteiger partial charge in [0.2, 0.25) is 0 Å². The Bertz CT molecular complexity index is 917. The predicted molar refractivity (Wildman–Crippen MR) is 105 cm³/mol. The van der Waals surface area contributed by atoms with Crippen LogP contribution in [0.1, 0.15) is 20.8 Å². The number of β-lactam (4-membered cyclic amide) rings is 1. The number of amides is 1. The largest absolute Gasteiger partial charge is 0.455 e. The number of carbonyl (C=O) groups is 2. The number of thioether (sulfide) groups is 1. The Labute approximate surface area is 169 Å². The van der Waals surface area contributed by atoms with Gasteiger partial charge in [-0.15, -0.1) is 11.8 Å². The number of rotatable bonds is 5. The molecule has 1 amide bonds. The van der Waals surface area contributed by atoms with Crippen LogP contribution in [0.5, 0.6) is 0 Å². The van der Waals surface area contributed by atoms with Gasteiger partial charge in [-0.3, -0.25) is 9.69 Å². The Morgan fingerprint density at radius 1 is 1.25 bits per heavy atom. The Morgan fingerprint density at radius 3 is 2.46 bits per heavy atom. The highest BCUT2D eigenvalue weighted by molar-refractivity contribution is 7.99. The fourth-order valence-corrected chi connectivity index (χ4v) is 6.26. The van der Waals surface area contributed by atoms with Crippen LogP contribution in [0.2, 0.25) is 0 Å². The summed E-state index contributed by atoms with van der Waals surface area (Å²) in [5.41, 5.74) is -0.388. The summed E-state index contributed by atoms with van der Waals surface area (Å²) in [7, 11) is -2.40. The first-order valence-electron chi connectivity index (χ1n) is 8.76. The van der Waals surface area contributed by atoms with E-state index in [9.17, 15) is 18.0 Å². The Kier molecular flexibility index (Phi) is 5.62. The second-order valence-electron chi connectivity index (χ2n) is 7.62. The van der Waals surface area contributed by atoms with Crippen LogP contribution < -0.4 is 0 Å². The van der Waals surface area contributed by atoms with Gasteiger partial charge < -0.3 is 9.47 Å². The highest BCUT2D eigenvalue weighted by Gasteiger charge is 2.60. The number of ether oxygens (including phenoxy) is 2. The first-order valence-corrected chi connectivity index (χ1v) is 11.5. The van der Waals surface area contributed by atoms with Crippen molar-refractivity contribution in [3.63, 3.8) is 0 Å². The van der Waals surface area contributed by atoms with Crippen LogP contribution in [0, 0.1) is 0 Å². The molecule has 2 heterocycles. The van der Waals surface area contributed by atoms with E-state index in [2.05, 4.69) is 0 Å². The molecule has 0 spiro atoms. The zero-order valence-corrected chi connectivity index (χ0v) is 17.8. The summed E-state index contributed by atoms with van der Waals surface area (Å²) < 4.78 is 36.0. The summed E-state index contributed by atoms with van der Waals surface area (Å²) in [6.07, 6.45) is -1.09. The Balaban J connectivity index is 1.99. The zero-order chi connectivity index (χ0) is 20.7. The van der Waals surface area contributed by atoms with Crippen LogP contribution >= 0.6 is 11.8 Å². The third-order valence-corrected chi connectivity index (χ3v) is 7.36. The molecule has 2 aliphatic heterocycles. The number of carbonyl (C=O) groups excluding carboxylic acids is 2. The van der Waals surface area contributed by atoms with Crippen LogP contribution in [-0.4, -0.2) is 60.9 Å². The summed E-state index contributed by atoms with van der Waals surface area (Å²) in [5.74, 6) is -1.29. The van der Waals surface area contributed by atoms with Gasteiger partial charge in [0.05, 0.1) is 5.75 Å². The molecule has 1 aromatic carbocycles. The maximum absolute atomic E-state index is 12.9. The van der Waals surface area contributed by atoms with E-state index < -0.39 is 38.8 Å². The van der Waals surface area contributed by atoms with Gasteiger partial charge in [-0.1, -0.05) is 18.2 Å². The summed E-state index contributed by atoms with van der Waals surface area (Å²) in [6.45, 7) is 5.16. The van der Waals surface area contributed by atoms with Crippen molar-refractivity contribution in [3.8, 4) is 0 Å². The minimum atomic E-state index is -3.68. The first kappa shape index (κ1) is 20.9. The lowest BCUT2D eigenvalue weighted by Gasteiger charge is -2.48. The molecule has 0 N–H and O–H groups in total. The van der Waals surface area contributed by atoms with Gasteiger partial charge in [0.15, 0.2) is 21.3 Å². The lowest BCUT2D eigenvalue weighted by atomic mass is 10.1. The number of nitrogens with zero attached hydrogens (tertiary/aromatic N) is 1. The normalized spacial score (nSPS) is 23.9. The lowest BCUT2D eigenvalue weighted by molar-refractivity contribution is -0.167. The van der Waals surface area contributed by atoms with E-state index in [1.165, 1.54) is 18.9 Å². The number of fused-ring (bicyclic) bond motifs is 1. The molecule has 0 aliphatic carbocycles. The van der Waals surface area contributed by atoms with E-state index in [1.54, 1.807) is 20.8 Å². The summed E-state index contributed by atoms with van der Waals surface area (Å²) in [5, 5.41) is -1.18. The number of hydrogen-bond acceptors (Lipinski definition) is 7. The van der Waals surface area contributed by atoms with Crippen LogP contribution in [0.3, 0.4) is 0 Å². The molecule has 0 bridgehead atoms. The van der Waals surface area contributed by atoms with Gasteiger partial charge in [0.1, 0.15) is 11.3 Å². The zero-order valence-electron chi connectivity index (χ0n) is 16.2. The van der Waals surface area contributed by atoms with Crippen molar-refractivity contribution in [2.75, 3.05) is 18.6 Å². The Hall–Kier alpha value is -1.84. The molecule has 28 heavy (non-hydrogen) atoms. The molecule has 1 aromatic rings. The molecule has 0 radical (unpaired) electrons. The quantitative estimate of drug-likeness (QED) is 0.405. The monoisotopic (exact) mass is 425 g/mol. The fourth-order valence-electron chi connectivity index (χ4n) is 3.17. The number of esters is 1. The van der Waals surface area contributed by atoms with Gasteiger partial charge in [-0.05, 0) is 38.5 Å². The van der Waals surface area contributed by atoms with Crippen molar-refractivity contribution < 1.29 is 27.5 Å². The molecular weight excluding hydrogens is 402 g/mol. The SMILES string of the molecule is CO[C@H]1C(=O)N2C(C(=O)OC(C)(C)C)=C(CSc3ccccc3)CS(=O)(=O)C12. The molecular formula is C19H23NO6S2. The molecule has 7 nitrogen and oxygen atoms in total. The first-order chi connectivity index (χ1) is 13.0.